The molecule has 1 aromatic heterocycles. The van der Waals surface area contributed by atoms with E-state index in [4.69, 9.17) is 9.47 Å². The van der Waals surface area contributed by atoms with Crippen molar-refractivity contribution in [3.63, 3.8) is 0 Å². The second-order valence-corrected chi connectivity index (χ2v) is 13.0. The second kappa shape index (κ2) is 12.5. The highest BCUT2D eigenvalue weighted by Crippen LogP contribution is 2.41. The highest BCUT2D eigenvalue weighted by Gasteiger charge is 2.55. The van der Waals surface area contributed by atoms with Gasteiger partial charge in [0, 0.05) is 4.88 Å². The van der Waals surface area contributed by atoms with E-state index in [2.05, 4.69) is 10.6 Å². The van der Waals surface area contributed by atoms with Crippen molar-refractivity contribution in [2.75, 3.05) is 5.75 Å². The molecular formula is C31H31N3O7S2. The number of hydrogen-bond donors (Lipinski definition) is 3. The number of carbonyl (C=O) groups is 4. The number of carbonyl (C=O) groups excluding carboxylic acids is 4. The Labute approximate surface area is 257 Å². The van der Waals surface area contributed by atoms with Gasteiger partial charge in [-0.25, -0.2) is 9.59 Å². The lowest BCUT2D eigenvalue weighted by atomic mass is 10.0. The van der Waals surface area contributed by atoms with Gasteiger partial charge in [0.15, 0.2) is 11.8 Å². The number of nitrogens with zero attached hydrogens (tertiary/aromatic N) is 1. The Morgan fingerprint density at radius 3 is 2.16 bits per heavy atom. The minimum absolute atomic E-state index is 0.0388. The van der Waals surface area contributed by atoms with Crippen molar-refractivity contribution < 1.29 is 33.8 Å². The molecule has 5 rings (SSSR count). The predicted molar refractivity (Wildman–Crippen MR) is 162 cm³/mol. The average Bonchev–Trinajstić information content (AvgIpc) is 3.52. The van der Waals surface area contributed by atoms with Gasteiger partial charge in [-0.2, -0.15) is 0 Å². The van der Waals surface area contributed by atoms with Gasteiger partial charge in [0.05, 0.1) is 5.75 Å². The monoisotopic (exact) mass is 621 g/mol. The molecule has 0 bridgehead atoms. The van der Waals surface area contributed by atoms with Crippen LogP contribution < -0.4 is 10.6 Å². The van der Waals surface area contributed by atoms with Crippen molar-refractivity contribution in [2.45, 2.75) is 49.9 Å². The Morgan fingerprint density at radius 1 is 0.977 bits per heavy atom. The van der Waals surface area contributed by atoms with E-state index in [9.17, 15) is 24.3 Å². The summed E-state index contributed by atoms with van der Waals surface area (Å²) < 4.78 is 11.2. The average molecular weight is 622 g/mol. The van der Waals surface area contributed by atoms with Crippen LogP contribution in [0.2, 0.25) is 0 Å². The van der Waals surface area contributed by atoms with Crippen LogP contribution >= 0.6 is 23.1 Å². The fourth-order valence-corrected chi connectivity index (χ4v) is 6.70. The predicted octanol–water partition coefficient (Wildman–Crippen LogP) is 4.82. The topological polar surface area (TPSA) is 134 Å². The lowest BCUT2D eigenvalue weighted by Crippen LogP contribution is -2.71. The molecule has 3 N–H and O–H groups in total. The Kier molecular flexibility index (Phi) is 8.79. The van der Waals surface area contributed by atoms with E-state index in [1.165, 1.54) is 23.1 Å². The zero-order valence-corrected chi connectivity index (χ0v) is 25.3. The third kappa shape index (κ3) is 6.70. The Bertz CT molecular complexity index is 1480. The molecule has 2 aliphatic heterocycles. The number of aliphatic hydroxyl groups is 1. The molecular weight excluding hydrogens is 590 g/mol. The van der Waals surface area contributed by atoms with Crippen LogP contribution in [0.1, 0.15) is 48.9 Å². The third-order valence-electron chi connectivity index (χ3n) is 6.62. The number of thiophene rings is 1. The number of alkyl carbamates (subject to hydrolysis) is 1. The number of hydrogen-bond acceptors (Lipinski definition) is 9. The number of aliphatic hydroxyl groups excluding tert-OH is 1. The highest BCUT2D eigenvalue weighted by atomic mass is 32.2. The van der Waals surface area contributed by atoms with Gasteiger partial charge in [-0.15, -0.1) is 23.1 Å². The fourth-order valence-electron chi connectivity index (χ4n) is 4.72. The van der Waals surface area contributed by atoms with E-state index in [0.717, 1.165) is 16.0 Å². The second-order valence-electron chi connectivity index (χ2n) is 10.9. The third-order valence-corrected chi connectivity index (χ3v) is 8.82. The summed E-state index contributed by atoms with van der Waals surface area (Å²) in [7, 11) is 0. The molecule has 12 heteroatoms. The molecule has 0 radical (unpaired) electrons. The molecule has 0 spiro atoms. The fraction of sp³-hybridized carbons (Fsp3) is 0.290. The number of esters is 1. The van der Waals surface area contributed by atoms with Gasteiger partial charge >= 0.3 is 12.1 Å². The maximum Gasteiger partial charge on any atom is 0.408 e. The summed E-state index contributed by atoms with van der Waals surface area (Å²) in [6.45, 7) is 5.13. The molecule has 3 heterocycles. The number of fused-ring (bicyclic) bond motifs is 1. The van der Waals surface area contributed by atoms with Crippen molar-refractivity contribution in [1.29, 1.82) is 0 Å². The van der Waals surface area contributed by atoms with E-state index >= 15 is 0 Å². The van der Waals surface area contributed by atoms with Gasteiger partial charge in [0.25, 0.3) is 5.91 Å². The first kappa shape index (κ1) is 30.2. The maximum atomic E-state index is 13.5. The van der Waals surface area contributed by atoms with Crippen LogP contribution in [0.4, 0.5) is 4.79 Å². The van der Waals surface area contributed by atoms with E-state index in [1.54, 1.807) is 38.3 Å². The quantitative estimate of drug-likeness (QED) is 0.241. The molecule has 0 saturated carbocycles. The van der Waals surface area contributed by atoms with Crippen LogP contribution in [0.5, 0.6) is 0 Å². The number of amides is 3. The summed E-state index contributed by atoms with van der Waals surface area (Å²) in [5.41, 5.74) is 0.420. The normalized spacial score (nSPS) is 18.8. The smallest absolute Gasteiger partial charge is 0.408 e. The van der Waals surface area contributed by atoms with Gasteiger partial charge in [-0.05, 0) is 43.3 Å². The van der Waals surface area contributed by atoms with Crippen LogP contribution in [-0.4, -0.2) is 56.7 Å². The zero-order valence-electron chi connectivity index (χ0n) is 23.7. The minimum Gasteiger partial charge on any atom is -0.509 e. The minimum atomic E-state index is -1.10. The Morgan fingerprint density at radius 2 is 1.60 bits per heavy atom. The summed E-state index contributed by atoms with van der Waals surface area (Å²) in [4.78, 5) is 54.5. The van der Waals surface area contributed by atoms with Gasteiger partial charge in [0.2, 0.25) is 5.91 Å². The number of benzene rings is 2. The summed E-state index contributed by atoms with van der Waals surface area (Å²) in [5.74, 6) is -2.30. The Hall–Kier alpha value is -4.29. The lowest BCUT2D eigenvalue weighted by Gasteiger charge is -2.49. The zero-order chi connectivity index (χ0) is 30.7. The van der Waals surface area contributed by atoms with Crippen LogP contribution in [0.25, 0.3) is 0 Å². The van der Waals surface area contributed by atoms with E-state index in [0.29, 0.717) is 4.88 Å². The molecule has 3 atom stereocenters. The van der Waals surface area contributed by atoms with E-state index in [-0.39, 0.29) is 17.2 Å². The molecule has 3 aromatic rings. The number of nitrogens with one attached hydrogen (secondary N) is 2. The van der Waals surface area contributed by atoms with E-state index in [1.807, 2.05) is 60.7 Å². The van der Waals surface area contributed by atoms with Crippen LogP contribution in [0, 0.1) is 0 Å². The van der Waals surface area contributed by atoms with Gasteiger partial charge in [-0.3, -0.25) is 14.5 Å². The molecule has 10 nitrogen and oxygen atoms in total. The van der Waals surface area contributed by atoms with Crippen LogP contribution in [0.15, 0.2) is 89.6 Å². The van der Waals surface area contributed by atoms with Crippen molar-refractivity contribution in [3.05, 3.63) is 106 Å². The number of ether oxygens (including phenoxy) is 2. The summed E-state index contributed by atoms with van der Waals surface area (Å²) in [6, 6.07) is 19.7. The highest BCUT2D eigenvalue weighted by molar-refractivity contribution is 8.00. The van der Waals surface area contributed by atoms with E-state index < -0.39 is 53.0 Å². The summed E-state index contributed by atoms with van der Waals surface area (Å²) in [6.07, 6.45) is -1.56. The largest absolute Gasteiger partial charge is 0.509 e. The first-order valence-electron chi connectivity index (χ1n) is 13.5. The molecule has 43 heavy (non-hydrogen) atoms. The number of β-lactam (4-membered cyclic amide) rings is 1. The molecule has 3 amide bonds. The molecule has 1 saturated heterocycles. The van der Waals surface area contributed by atoms with Gasteiger partial charge in [0.1, 0.15) is 28.8 Å². The van der Waals surface area contributed by atoms with Gasteiger partial charge in [-0.1, -0.05) is 66.7 Å². The molecule has 2 aromatic carbocycles. The van der Waals surface area contributed by atoms with Crippen molar-refractivity contribution in [1.82, 2.24) is 15.5 Å². The van der Waals surface area contributed by atoms with Gasteiger partial charge < -0.3 is 25.2 Å². The molecule has 2 aliphatic rings. The standard InChI is InChI=1S/C31H31N3O7S2/c1-31(2,3)41-30(39)33-22(21-15-10-16-42-21)26(36)32-23-27(37)34-24(20(35)17-43-28(23)34)29(38)40-25(18-11-6-4-7-12-18)19-13-8-5-9-14-19/h4-16,22-23,25,28,35H,17H2,1-3H3,(H,32,36)(H,33,39)/t22?,23-,28+/m1/s1. The SMILES string of the molecule is CC(C)(C)OC(=O)NC(C(=O)N[C@@H]1C(=O)N2C(C(=O)OC(c3ccccc3)c3ccccc3)=C(O)CS[C@@H]12)c1cccs1. The number of thioether (sulfide) groups is 1. The number of rotatable bonds is 8. The lowest BCUT2D eigenvalue weighted by molar-refractivity contribution is -0.155. The maximum absolute atomic E-state index is 13.5. The van der Waals surface area contributed by atoms with Crippen LogP contribution in [0.3, 0.4) is 0 Å². The van der Waals surface area contributed by atoms with Crippen molar-refractivity contribution >= 4 is 47.0 Å². The molecule has 1 unspecified atom stereocenters. The van der Waals surface area contributed by atoms with Crippen LogP contribution in [-0.2, 0) is 23.9 Å². The molecule has 0 aliphatic carbocycles. The first-order chi connectivity index (χ1) is 20.5. The first-order valence-corrected chi connectivity index (χ1v) is 15.5. The molecule has 1 fully saturated rings. The van der Waals surface area contributed by atoms with Crippen molar-refractivity contribution in [2.24, 2.45) is 0 Å². The summed E-state index contributed by atoms with van der Waals surface area (Å²) in [5, 5.41) is 17.1. The summed E-state index contributed by atoms with van der Waals surface area (Å²) >= 11 is 2.47. The van der Waals surface area contributed by atoms with Crippen molar-refractivity contribution in [3.8, 4) is 0 Å². The Balaban J connectivity index is 1.32. The molecule has 224 valence electrons.